The van der Waals surface area contributed by atoms with Gasteiger partial charge in [-0.2, -0.15) is 0 Å². The molecule has 2 nitrogen and oxygen atoms in total. The van der Waals surface area contributed by atoms with Crippen LogP contribution in [0.15, 0.2) is 18.2 Å². The largest absolute Gasteiger partial charge is 0.330 e. The third kappa shape index (κ3) is 5.61. The number of Topliss-reactive ketones (excluding diaryl/α,β-unsaturated/α-hetero) is 1. The van der Waals surface area contributed by atoms with Crippen LogP contribution in [0.25, 0.3) is 0 Å². The van der Waals surface area contributed by atoms with Gasteiger partial charge in [-0.25, -0.2) is 4.39 Å². The molecular formula is C14H19ClFNO. The van der Waals surface area contributed by atoms with Crippen molar-refractivity contribution >= 4 is 17.4 Å². The van der Waals surface area contributed by atoms with E-state index in [1.807, 2.05) is 0 Å². The number of ketones is 1. The van der Waals surface area contributed by atoms with Gasteiger partial charge >= 0.3 is 0 Å². The fraction of sp³-hybridized carbons (Fsp3) is 0.500. The SMILES string of the molecule is NCCCCCCC(=O)Cc1ccc(Cl)cc1F. The van der Waals surface area contributed by atoms with E-state index in [4.69, 9.17) is 17.3 Å². The zero-order chi connectivity index (χ0) is 13.4. The molecule has 0 atom stereocenters. The number of nitrogens with two attached hydrogens (primary N) is 1. The molecule has 0 aliphatic carbocycles. The molecule has 0 spiro atoms. The van der Waals surface area contributed by atoms with E-state index < -0.39 is 5.82 Å². The fourth-order valence-corrected chi connectivity index (χ4v) is 1.94. The van der Waals surface area contributed by atoms with Crippen molar-refractivity contribution in [3.05, 3.63) is 34.6 Å². The molecule has 1 rings (SSSR count). The summed E-state index contributed by atoms with van der Waals surface area (Å²) in [6, 6.07) is 4.42. The number of carbonyl (C=O) groups excluding carboxylic acids is 1. The molecule has 0 aliphatic heterocycles. The molecule has 0 saturated heterocycles. The molecule has 0 bridgehead atoms. The van der Waals surface area contributed by atoms with Gasteiger partial charge in [0, 0.05) is 17.9 Å². The zero-order valence-electron chi connectivity index (χ0n) is 10.4. The molecule has 100 valence electrons. The summed E-state index contributed by atoms with van der Waals surface area (Å²) in [7, 11) is 0. The molecule has 0 unspecified atom stereocenters. The van der Waals surface area contributed by atoms with E-state index in [0.29, 0.717) is 23.6 Å². The van der Waals surface area contributed by atoms with E-state index in [1.54, 1.807) is 12.1 Å². The van der Waals surface area contributed by atoms with E-state index in [2.05, 4.69) is 0 Å². The quantitative estimate of drug-likeness (QED) is 0.736. The van der Waals surface area contributed by atoms with Gasteiger partial charge in [0.1, 0.15) is 11.6 Å². The second-order valence-corrected chi connectivity index (χ2v) is 4.84. The number of hydrogen-bond acceptors (Lipinski definition) is 2. The molecule has 0 aliphatic rings. The Balaban J connectivity index is 2.31. The average molecular weight is 272 g/mol. The monoisotopic (exact) mass is 271 g/mol. The topological polar surface area (TPSA) is 43.1 Å². The van der Waals surface area contributed by atoms with Crippen LogP contribution in [0.4, 0.5) is 4.39 Å². The molecule has 18 heavy (non-hydrogen) atoms. The predicted octanol–water partition coefficient (Wildman–Crippen LogP) is 3.50. The Hall–Kier alpha value is -0.930. The molecule has 0 radical (unpaired) electrons. The van der Waals surface area contributed by atoms with Crippen molar-refractivity contribution in [2.24, 2.45) is 5.73 Å². The molecule has 4 heteroatoms. The minimum Gasteiger partial charge on any atom is -0.330 e. The average Bonchev–Trinajstić information content (AvgIpc) is 2.32. The lowest BCUT2D eigenvalue weighted by Gasteiger charge is -2.03. The zero-order valence-corrected chi connectivity index (χ0v) is 11.2. The summed E-state index contributed by atoms with van der Waals surface area (Å²) in [4.78, 5) is 11.7. The minimum absolute atomic E-state index is 0.0731. The van der Waals surface area contributed by atoms with Crippen LogP contribution < -0.4 is 5.73 Å². The van der Waals surface area contributed by atoms with Crippen LogP contribution >= 0.6 is 11.6 Å². The smallest absolute Gasteiger partial charge is 0.137 e. The van der Waals surface area contributed by atoms with Gasteiger partial charge in [-0.1, -0.05) is 30.5 Å². The molecule has 1 aromatic rings. The van der Waals surface area contributed by atoms with Crippen LogP contribution in [0.5, 0.6) is 0 Å². The summed E-state index contributed by atoms with van der Waals surface area (Å²) in [6.45, 7) is 0.698. The summed E-state index contributed by atoms with van der Waals surface area (Å²) in [6.07, 6.45) is 4.58. The number of rotatable bonds is 8. The Labute approximate surface area is 112 Å². The van der Waals surface area contributed by atoms with Gasteiger partial charge < -0.3 is 5.73 Å². The minimum atomic E-state index is -0.404. The number of benzene rings is 1. The van der Waals surface area contributed by atoms with E-state index in [1.165, 1.54) is 6.07 Å². The van der Waals surface area contributed by atoms with Gasteiger partial charge in [-0.05, 0) is 37.1 Å². The maximum Gasteiger partial charge on any atom is 0.137 e. The van der Waals surface area contributed by atoms with Gasteiger partial charge in [0.2, 0.25) is 0 Å². The van der Waals surface area contributed by atoms with Crippen LogP contribution in [0, 0.1) is 5.82 Å². The van der Waals surface area contributed by atoms with Crippen molar-refractivity contribution in [1.29, 1.82) is 0 Å². The number of unbranched alkanes of at least 4 members (excludes halogenated alkanes) is 3. The van der Waals surface area contributed by atoms with E-state index in [9.17, 15) is 9.18 Å². The maximum absolute atomic E-state index is 13.4. The Morgan fingerprint density at radius 3 is 2.61 bits per heavy atom. The third-order valence-corrected chi connectivity index (χ3v) is 3.05. The van der Waals surface area contributed by atoms with Crippen LogP contribution in [0.2, 0.25) is 5.02 Å². The van der Waals surface area contributed by atoms with Crippen molar-refractivity contribution in [3.63, 3.8) is 0 Å². The Bertz CT molecular complexity index is 395. The molecule has 0 saturated carbocycles. The van der Waals surface area contributed by atoms with Crippen molar-refractivity contribution in [1.82, 2.24) is 0 Å². The Morgan fingerprint density at radius 1 is 1.22 bits per heavy atom. The van der Waals surface area contributed by atoms with E-state index in [-0.39, 0.29) is 12.2 Å². The fourth-order valence-electron chi connectivity index (χ4n) is 1.79. The highest BCUT2D eigenvalue weighted by molar-refractivity contribution is 6.30. The second-order valence-electron chi connectivity index (χ2n) is 4.40. The van der Waals surface area contributed by atoms with E-state index >= 15 is 0 Å². The highest BCUT2D eigenvalue weighted by atomic mass is 35.5. The van der Waals surface area contributed by atoms with Gasteiger partial charge in [-0.15, -0.1) is 0 Å². The first-order valence-corrected chi connectivity index (χ1v) is 6.67. The van der Waals surface area contributed by atoms with Crippen LogP contribution in [-0.2, 0) is 11.2 Å². The van der Waals surface area contributed by atoms with E-state index in [0.717, 1.165) is 25.7 Å². The molecule has 0 amide bonds. The lowest BCUT2D eigenvalue weighted by atomic mass is 10.0. The van der Waals surface area contributed by atoms with Crippen molar-refractivity contribution in [3.8, 4) is 0 Å². The summed E-state index contributed by atoms with van der Waals surface area (Å²) in [5, 5.41) is 0.352. The Morgan fingerprint density at radius 2 is 1.94 bits per heavy atom. The standard InChI is InChI=1S/C14H19ClFNO/c15-12-7-6-11(14(16)10-12)9-13(18)5-3-1-2-4-8-17/h6-7,10H,1-5,8-9,17H2. The first kappa shape index (κ1) is 15.1. The third-order valence-electron chi connectivity index (χ3n) is 2.81. The van der Waals surface area contributed by atoms with Crippen LogP contribution in [-0.4, -0.2) is 12.3 Å². The lowest BCUT2D eigenvalue weighted by Crippen LogP contribution is -2.04. The number of carbonyl (C=O) groups is 1. The summed E-state index contributed by atoms with van der Waals surface area (Å²) < 4.78 is 13.4. The summed E-state index contributed by atoms with van der Waals surface area (Å²) in [5.74, 6) is -0.331. The maximum atomic E-state index is 13.4. The van der Waals surface area contributed by atoms with Crippen molar-refractivity contribution in [2.75, 3.05) is 6.54 Å². The highest BCUT2D eigenvalue weighted by Gasteiger charge is 2.08. The lowest BCUT2D eigenvalue weighted by molar-refractivity contribution is -0.118. The molecule has 2 N–H and O–H groups in total. The molecular weight excluding hydrogens is 253 g/mol. The van der Waals surface area contributed by atoms with Crippen LogP contribution in [0.1, 0.15) is 37.7 Å². The van der Waals surface area contributed by atoms with Gasteiger partial charge in [0.25, 0.3) is 0 Å². The highest BCUT2D eigenvalue weighted by Crippen LogP contribution is 2.16. The van der Waals surface area contributed by atoms with Crippen molar-refractivity contribution < 1.29 is 9.18 Å². The number of halogens is 2. The first-order valence-electron chi connectivity index (χ1n) is 6.29. The summed E-state index contributed by atoms with van der Waals surface area (Å²) in [5.41, 5.74) is 5.80. The predicted molar refractivity (Wildman–Crippen MR) is 72.3 cm³/mol. The second kappa shape index (κ2) is 8.22. The van der Waals surface area contributed by atoms with Crippen LogP contribution in [0.3, 0.4) is 0 Å². The first-order chi connectivity index (χ1) is 8.63. The number of hydrogen-bond donors (Lipinski definition) is 1. The van der Waals surface area contributed by atoms with Gasteiger partial charge in [0.05, 0.1) is 0 Å². The molecule has 0 heterocycles. The summed E-state index contributed by atoms with van der Waals surface area (Å²) >= 11 is 5.65. The molecule has 0 aromatic heterocycles. The van der Waals surface area contributed by atoms with Crippen molar-refractivity contribution in [2.45, 2.75) is 38.5 Å². The van der Waals surface area contributed by atoms with Gasteiger partial charge in [-0.3, -0.25) is 4.79 Å². The van der Waals surface area contributed by atoms with Gasteiger partial charge in [0.15, 0.2) is 0 Å². The molecule has 1 aromatic carbocycles. The normalized spacial score (nSPS) is 10.6. The Kier molecular flexibility index (Phi) is 6.91. The molecule has 0 fully saturated rings.